The number of likely N-dealkylation sites (tertiary alicyclic amines) is 2. The summed E-state index contributed by atoms with van der Waals surface area (Å²) in [5, 5.41) is 3.92. The van der Waals surface area contributed by atoms with E-state index in [4.69, 9.17) is 4.74 Å². The first-order chi connectivity index (χ1) is 9.74. The summed E-state index contributed by atoms with van der Waals surface area (Å²) in [6.07, 6.45) is 1.24. The molecule has 0 bridgehead atoms. The number of likely N-dealkylation sites (N-methyl/N-ethyl adjacent to an activating group) is 1. The number of carbonyl (C=O) groups excluding carboxylic acids is 1. The zero-order valence-electron chi connectivity index (χ0n) is 12.1. The Kier molecular flexibility index (Phi) is 4.10. The van der Waals surface area contributed by atoms with E-state index in [1.807, 2.05) is 16.8 Å². The number of amides is 1. The number of piperidine rings is 1. The number of ether oxygens (including phenoxy) is 1. The van der Waals surface area contributed by atoms with Crippen LogP contribution >= 0.6 is 11.3 Å². The molecule has 3 atom stereocenters. The molecule has 0 spiro atoms. The predicted octanol–water partition coefficient (Wildman–Crippen LogP) is 1.93. The van der Waals surface area contributed by atoms with Crippen LogP contribution in [0.15, 0.2) is 16.8 Å². The van der Waals surface area contributed by atoms with Crippen LogP contribution in [0.1, 0.15) is 23.7 Å². The number of thiophene rings is 1. The molecule has 0 aliphatic carbocycles. The zero-order valence-corrected chi connectivity index (χ0v) is 12.9. The predicted molar refractivity (Wildman–Crippen MR) is 80.2 cm³/mol. The highest BCUT2D eigenvalue weighted by molar-refractivity contribution is 7.08. The molecule has 0 unspecified atom stereocenters. The van der Waals surface area contributed by atoms with Crippen molar-refractivity contribution >= 4 is 17.2 Å². The van der Waals surface area contributed by atoms with E-state index in [1.54, 1.807) is 18.4 Å². The van der Waals surface area contributed by atoms with Crippen molar-refractivity contribution in [1.29, 1.82) is 0 Å². The fourth-order valence-electron chi connectivity index (χ4n) is 3.59. The summed E-state index contributed by atoms with van der Waals surface area (Å²) < 4.78 is 5.65. The molecule has 0 aromatic carbocycles. The maximum absolute atomic E-state index is 12.7. The molecule has 2 aliphatic rings. The average Bonchev–Trinajstić information content (AvgIpc) is 3.14. The molecule has 4 nitrogen and oxygen atoms in total. The van der Waals surface area contributed by atoms with E-state index in [0.29, 0.717) is 18.1 Å². The summed E-state index contributed by atoms with van der Waals surface area (Å²) in [6, 6.07) is 2.23. The highest BCUT2D eigenvalue weighted by Gasteiger charge is 2.45. The van der Waals surface area contributed by atoms with Gasteiger partial charge in [0.15, 0.2) is 0 Å². The maximum Gasteiger partial charge on any atom is 0.255 e. The standard InChI is InChI=1S/C15H22N2O2S/c1-3-16-8-12-13(9-16)17(6-4-14(12)19-2)15(18)11-5-7-20-10-11/h5,7,10,12-14H,3-4,6,8-9H2,1-2H3/t12-,13+,14+/m1/s1. The third-order valence-electron chi connectivity index (χ3n) is 4.72. The minimum atomic E-state index is 0.189. The van der Waals surface area contributed by atoms with E-state index < -0.39 is 0 Å². The molecule has 1 amide bonds. The van der Waals surface area contributed by atoms with Crippen LogP contribution in [0.2, 0.25) is 0 Å². The van der Waals surface area contributed by atoms with E-state index in [0.717, 1.165) is 38.2 Å². The lowest BCUT2D eigenvalue weighted by Gasteiger charge is -2.41. The van der Waals surface area contributed by atoms with E-state index in [9.17, 15) is 4.79 Å². The average molecular weight is 294 g/mol. The molecule has 2 saturated heterocycles. The Bertz CT molecular complexity index is 462. The molecule has 1 aromatic heterocycles. The topological polar surface area (TPSA) is 32.8 Å². The molecule has 0 radical (unpaired) electrons. The number of hydrogen-bond acceptors (Lipinski definition) is 4. The molecule has 5 heteroatoms. The molecule has 3 rings (SSSR count). The van der Waals surface area contributed by atoms with Crippen LogP contribution in [0.4, 0.5) is 0 Å². The second kappa shape index (κ2) is 5.84. The van der Waals surface area contributed by atoms with E-state index in [2.05, 4.69) is 16.7 Å². The summed E-state index contributed by atoms with van der Waals surface area (Å²) >= 11 is 1.58. The van der Waals surface area contributed by atoms with Crippen molar-refractivity contribution < 1.29 is 9.53 Å². The quantitative estimate of drug-likeness (QED) is 0.854. The first-order valence-corrected chi connectivity index (χ1v) is 8.27. The van der Waals surface area contributed by atoms with Gasteiger partial charge in [0.1, 0.15) is 0 Å². The highest BCUT2D eigenvalue weighted by atomic mass is 32.1. The van der Waals surface area contributed by atoms with Gasteiger partial charge in [0.25, 0.3) is 5.91 Å². The van der Waals surface area contributed by atoms with Gasteiger partial charge in [-0.2, -0.15) is 11.3 Å². The van der Waals surface area contributed by atoms with Gasteiger partial charge >= 0.3 is 0 Å². The van der Waals surface area contributed by atoms with E-state index >= 15 is 0 Å². The van der Waals surface area contributed by atoms with Crippen LogP contribution in [0.5, 0.6) is 0 Å². The first kappa shape index (κ1) is 14.0. The van der Waals surface area contributed by atoms with Crippen LogP contribution in [0.3, 0.4) is 0 Å². The van der Waals surface area contributed by atoms with Crippen molar-refractivity contribution in [3.05, 3.63) is 22.4 Å². The largest absolute Gasteiger partial charge is 0.381 e. The van der Waals surface area contributed by atoms with Crippen LogP contribution in [0.25, 0.3) is 0 Å². The lowest BCUT2D eigenvalue weighted by Crippen LogP contribution is -2.53. The molecular weight excluding hydrogens is 272 g/mol. The second-order valence-corrected chi connectivity index (χ2v) is 6.44. The molecule has 3 heterocycles. The van der Waals surface area contributed by atoms with Crippen LogP contribution < -0.4 is 0 Å². The Morgan fingerprint density at radius 1 is 1.50 bits per heavy atom. The van der Waals surface area contributed by atoms with Gasteiger partial charge in [0.2, 0.25) is 0 Å². The third kappa shape index (κ3) is 2.38. The Labute approximate surface area is 124 Å². The van der Waals surface area contributed by atoms with Gasteiger partial charge in [-0.25, -0.2) is 0 Å². The Morgan fingerprint density at radius 2 is 2.35 bits per heavy atom. The fraction of sp³-hybridized carbons (Fsp3) is 0.667. The van der Waals surface area contributed by atoms with Gasteiger partial charge in [-0.1, -0.05) is 6.92 Å². The smallest absolute Gasteiger partial charge is 0.255 e. The molecule has 2 aliphatic heterocycles. The molecule has 20 heavy (non-hydrogen) atoms. The monoisotopic (exact) mass is 294 g/mol. The second-order valence-electron chi connectivity index (χ2n) is 5.66. The summed E-state index contributed by atoms with van der Waals surface area (Å²) in [4.78, 5) is 17.2. The van der Waals surface area contributed by atoms with Crippen molar-refractivity contribution in [3.8, 4) is 0 Å². The van der Waals surface area contributed by atoms with Gasteiger partial charge < -0.3 is 14.5 Å². The SMILES string of the molecule is CCN1C[C@H]2[C@@H](OC)CCN(C(=O)c3ccsc3)[C@H]2C1. The van der Waals surface area contributed by atoms with Crippen molar-refractivity contribution in [2.45, 2.75) is 25.5 Å². The Hall–Kier alpha value is -0.910. The van der Waals surface area contributed by atoms with E-state index in [-0.39, 0.29) is 5.91 Å². The minimum Gasteiger partial charge on any atom is -0.381 e. The molecule has 1 aromatic rings. The zero-order chi connectivity index (χ0) is 14.1. The van der Waals surface area contributed by atoms with Crippen LogP contribution in [0, 0.1) is 5.92 Å². The van der Waals surface area contributed by atoms with Crippen LogP contribution in [-0.2, 0) is 4.74 Å². The molecule has 0 N–H and O–H groups in total. The van der Waals surface area contributed by atoms with Crippen molar-refractivity contribution in [2.24, 2.45) is 5.92 Å². The third-order valence-corrected chi connectivity index (χ3v) is 5.40. The lowest BCUT2D eigenvalue weighted by molar-refractivity contribution is -0.0156. The van der Waals surface area contributed by atoms with Gasteiger partial charge in [-0.3, -0.25) is 4.79 Å². The number of rotatable bonds is 3. The summed E-state index contributed by atoms with van der Waals surface area (Å²) in [7, 11) is 1.80. The van der Waals surface area contributed by atoms with Crippen molar-refractivity contribution in [1.82, 2.24) is 9.80 Å². The fourth-order valence-corrected chi connectivity index (χ4v) is 4.22. The highest BCUT2D eigenvalue weighted by Crippen LogP contribution is 2.33. The Balaban J connectivity index is 1.81. The molecule has 110 valence electrons. The number of carbonyl (C=O) groups is 1. The molecule has 2 fully saturated rings. The summed E-state index contributed by atoms with van der Waals surface area (Å²) in [6.45, 7) is 6.07. The summed E-state index contributed by atoms with van der Waals surface area (Å²) in [5.41, 5.74) is 0.833. The van der Waals surface area contributed by atoms with Gasteiger partial charge in [-0.05, 0) is 24.4 Å². The minimum absolute atomic E-state index is 0.189. The number of fused-ring (bicyclic) bond motifs is 1. The summed E-state index contributed by atoms with van der Waals surface area (Å²) in [5.74, 6) is 0.644. The normalized spacial score (nSPS) is 30.5. The number of hydrogen-bond donors (Lipinski definition) is 0. The lowest BCUT2D eigenvalue weighted by atomic mass is 9.88. The Morgan fingerprint density at radius 3 is 3.00 bits per heavy atom. The number of nitrogens with zero attached hydrogens (tertiary/aromatic N) is 2. The first-order valence-electron chi connectivity index (χ1n) is 7.33. The molecule has 0 saturated carbocycles. The maximum atomic E-state index is 12.7. The van der Waals surface area contributed by atoms with Gasteiger partial charge in [-0.15, -0.1) is 0 Å². The van der Waals surface area contributed by atoms with Crippen LogP contribution in [-0.4, -0.2) is 61.1 Å². The van der Waals surface area contributed by atoms with Crippen molar-refractivity contribution in [2.75, 3.05) is 33.3 Å². The molecular formula is C15H22N2O2S. The van der Waals surface area contributed by atoms with Crippen molar-refractivity contribution in [3.63, 3.8) is 0 Å². The number of methoxy groups -OCH3 is 1. The van der Waals surface area contributed by atoms with Gasteiger partial charge in [0, 0.05) is 38.0 Å². The van der Waals surface area contributed by atoms with E-state index in [1.165, 1.54) is 0 Å². The van der Waals surface area contributed by atoms with Gasteiger partial charge in [0.05, 0.1) is 17.7 Å².